The minimum absolute atomic E-state index is 0.0188. The number of aliphatic hydroxyl groups is 2. The van der Waals surface area contributed by atoms with Crippen molar-refractivity contribution < 1.29 is 14.9 Å². The van der Waals surface area contributed by atoms with E-state index in [1.54, 1.807) is 14.1 Å². The number of hydrogen-bond acceptors (Lipinski definition) is 5. The number of nitrogens with zero attached hydrogens (tertiary/aromatic N) is 2. The summed E-state index contributed by atoms with van der Waals surface area (Å²) in [6.45, 7) is 9.84. The zero-order valence-electron chi connectivity index (χ0n) is 29.6. The predicted molar refractivity (Wildman–Crippen MR) is 187 cm³/mol. The van der Waals surface area contributed by atoms with Gasteiger partial charge in [0.15, 0.2) is 11.9 Å². The molecule has 13 unspecified atom stereocenters. The van der Waals surface area contributed by atoms with Crippen LogP contribution in [0, 0.1) is 52.3 Å². The second-order valence-corrected chi connectivity index (χ2v) is 18.0. The fourth-order valence-electron chi connectivity index (χ4n) is 12.8. The Hall–Kier alpha value is -1.84. The lowest BCUT2D eigenvalue weighted by molar-refractivity contribution is -0.127. The lowest BCUT2D eigenvalue weighted by atomic mass is 9.46. The fraction of sp³-hybridized carbons (Fsp3) is 0.895. The van der Waals surface area contributed by atoms with Crippen LogP contribution in [0.5, 0.6) is 0 Å². The molecule has 0 aromatic rings. The van der Waals surface area contributed by atoms with Crippen molar-refractivity contribution in [1.82, 2.24) is 10.6 Å². The summed E-state index contributed by atoms with van der Waals surface area (Å²) in [5.74, 6) is 4.73. The number of epoxide rings is 1. The molecule has 1 heterocycles. The molecule has 1 aliphatic heterocycles. The van der Waals surface area contributed by atoms with Crippen LogP contribution in [0.25, 0.3) is 0 Å². The van der Waals surface area contributed by atoms with Gasteiger partial charge >= 0.3 is 0 Å². The van der Waals surface area contributed by atoms with Gasteiger partial charge in [-0.3, -0.25) is 9.98 Å². The lowest BCUT2D eigenvalue weighted by Gasteiger charge is -2.58. The van der Waals surface area contributed by atoms with Gasteiger partial charge in [0.05, 0.1) is 23.4 Å². The number of nitrogens with two attached hydrogens (primary N) is 2. The van der Waals surface area contributed by atoms with E-state index in [1.807, 2.05) is 0 Å². The summed E-state index contributed by atoms with van der Waals surface area (Å²) in [6.07, 6.45) is 17.5. The topological polar surface area (TPSA) is 154 Å². The zero-order chi connectivity index (χ0) is 33.4. The summed E-state index contributed by atoms with van der Waals surface area (Å²) in [6, 6.07) is 0. The molecule has 0 aromatic heterocycles. The van der Waals surface area contributed by atoms with Crippen LogP contribution in [0.1, 0.15) is 117 Å². The Morgan fingerprint density at radius 2 is 1.55 bits per heavy atom. The van der Waals surface area contributed by atoms with Gasteiger partial charge in [-0.05, 0) is 150 Å². The second kappa shape index (κ2) is 12.2. The molecular formula is C38H64N6O3. The smallest absolute Gasteiger partial charge is 0.189 e. The average molecular weight is 653 g/mol. The molecule has 47 heavy (non-hydrogen) atoms. The number of ether oxygens (including phenoxy) is 1. The van der Waals surface area contributed by atoms with Gasteiger partial charge in [0, 0.05) is 25.9 Å². The van der Waals surface area contributed by atoms with Crippen LogP contribution in [0.3, 0.4) is 0 Å². The van der Waals surface area contributed by atoms with Crippen molar-refractivity contribution in [2.45, 2.75) is 146 Å². The maximum Gasteiger partial charge on any atom is 0.189 e. The van der Waals surface area contributed by atoms with Crippen LogP contribution >= 0.6 is 0 Å². The summed E-state index contributed by atoms with van der Waals surface area (Å²) in [5.41, 5.74) is 13.5. The first-order valence-electron chi connectivity index (χ1n) is 19.0. The number of rotatable bonds is 5. The number of nitrogens with one attached hydrogen (secondary N) is 2. The van der Waals surface area contributed by atoms with Gasteiger partial charge in [-0.1, -0.05) is 19.1 Å². The van der Waals surface area contributed by atoms with Crippen molar-refractivity contribution in [3.8, 4) is 0 Å². The number of guanidine groups is 2. The van der Waals surface area contributed by atoms with E-state index in [0.717, 1.165) is 51.4 Å². The molecule has 13 atom stereocenters. The summed E-state index contributed by atoms with van der Waals surface area (Å²) in [7, 11) is 3.41. The lowest BCUT2D eigenvalue weighted by Crippen LogP contribution is -2.56. The summed E-state index contributed by atoms with van der Waals surface area (Å²) in [4.78, 5) is 8.28. The van der Waals surface area contributed by atoms with Crippen molar-refractivity contribution in [2.24, 2.45) is 73.7 Å². The number of allylic oxidation sites excluding steroid dienone is 1. The molecule has 0 aromatic carbocycles. The number of aliphatic imine (C=N–C) groups is 2. The standard InChI is InChI=1S/C38H64N6O3/c1-22-17-37(15-12-25(18-37)24-7-8-26-10-11-28(45)20-38(26,46)19-24)32-36(3,47-32)14-13-30-29(22)21-35(30,2)27-9-6-23(16-27)31(43-33(39)41-4)44-34(40)42-5/h23-32,45-46H,1,6-21H2,2-5H3,(H3,39,41,43)(H3,40,42,44). The quantitative estimate of drug-likeness (QED) is 0.0819. The van der Waals surface area contributed by atoms with E-state index in [9.17, 15) is 10.2 Å². The number of aliphatic hydroxyl groups excluding tert-OH is 1. The Morgan fingerprint density at radius 1 is 0.872 bits per heavy atom. The Labute approximate surface area is 283 Å². The Morgan fingerprint density at radius 3 is 2.28 bits per heavy atom. The summed E-state index contributed by atoms with van der Waals surface area (Å²) in [5, 5.41) is 28.8. The maximum atomic E-state index is 11.7. The van der Waals surface area contributed by atoms with Crippen LogP contribution in [0.2, 0.25) is 0 Å². The zero-order valence-corrected chi connectivity index (χ0v) is 29.6. The molecule has 7 aliphatic rings. The molecular weight excluding hydrogens is 588 g/mol. The van der Waals surface area contributed by atoms with Gasteiger partial charge in [-0.25, -0.2) is 0 Å². The third-order valence-electron chi connectivity index (χ3n) is 15.5. The molecule has 1 spiro atoms. The van der Waals surface area contributed by atoms with Crippen LogP contribution < -0.4 is 22.1 Å². The van der Waals surface area contributed by atoms with Gasteiger partial charge in [-0.2, -0.15) is 0 Å². The van der Waals surface area contributed by atoms with Crippen LogP contribution in [-0.4, -0.2) is 65.8 Å². The molecule has 0 bridgehead atoms. The third kappa shape index (κ3) is 5.92. The van der Waals surface area contributed by atoms with E-state index in [4.69, 9.17) is 22.8 Å². The minimum Gasteiger partial charge on any atom is -0.393 e. The monoisotopic (exact) mass is 653 g/mol. The largest absolute Gasteiger partial charge is 0.393 e. The van der Waals surface area contributed by atoms with Crippen molar-refractivity contribution >= 4 is 11.9 Å². The Kier molecular flexibility index (Phi) is 8.72. The first-order chi connectivity index (χ1) is 22.3. The van der Waals surface area contributed by atoms with E-state index >= 15 is 0 Å². The molecule has 6 aliphatic carbocycles. The highest BCUT2D eigenvalue weighted by atomic mass is 16.6. The average Bonchev–Trinajstić information content (AvgIpc) is 3.35. The van der Waals surface area contributed by atoms with Crippen LogP contribution in [0.4, 0.5) is 0 Å². The molecule has 7 fully saturated rings. The van der Waals surface area contributed by atoms with Gasteiger partial charge in [0.2, 0.25) is 0 Å². The van der Waals surface area contributed by atoms with Gasteiger partial charge in [-0.15, -0.1) is 0 Å². The summed E-state index contributed by atoms with van der Waals surface area (Å²) < 4.78 is 6.78. The fourth-order valence-corrected chi connectivity index (χ4v) is 12.8. The Balaban J connectivity index is 1.03. The van der Waals surface area contributed by atoms with Crippen LogP contribution in [0.15, 0.2) is 22.1 Å². The van der Waals surface area contributed by atoms with Gasteiger partial charge < -0.3 is 37.1 Å². The highest BCUT2D eigenvalue weighted by Gasteiger charge is 2.67. The first kappa shape index (κ1) is 33.6. The highest BCUT2D eigenvalue weighted by molar-refractivity contribution is 5.81. The normalized spacial score (nSPS) is 50.7. The van der Waals surface area contributed by atoms with Gasteiger partial charge in [0.1, 0.15) is 6.17 Å². The molecule has 8 N–H and O–H groups in total. The molecule has 7 rings (SSSR count). The maximum absolute atomic E-state index is 11.7. The molecule has 9 nitrogen and oxygen atoms in total. The SMILES string of the molecule is C=C1CC2(CCC(C3CCC4CCC(O)CC4(O)C3)C2)C2OC2(C)CCC2C1CC2(C)C1CCC(C(NC(N)=NC)NC(N)=NC)C1. The van der Waals surface area contributed by atoms with Crippen molar-refractivity contribution in [3.05, 3.63) is 12.2 Å². The molecule has 1 saturated heterocycles. The summed E-state index contributed by atoms with van der Waals surface area (Å²) >= 11 is 0. The highest BCUT2D eigenvalue weighted by Crippen LogP contribution is 2.69. The third-order valence-corrected chi connectivity index (χ3v) is 15.5. The molecule has 0 radical (unpaired) electrons. The second-order valence-electron chi connectivity index (χ2n) is 18.0. The molecule has 264 valence electrons. The van der Waals surface area contributed by atoms with Crippen molar-refractivity contribution in [3.63, 3.8) is 0 Å². The number of hydrogen-bond donors (Lipinski definition) is 6. The number of fused-ring (bicyclic) bond motifs is 4. The first-order valence-corrected chi connectivity index (χ1v) is 19.0. The Bertz CT molecular complexity index is 1250. The van der Waals surface area contributed by atoms with Crippen LogP contribution in [-0.2, 0) is 4.74 Å². The molecule has 0 amide bonds. The van der Waals surface area contributed by atoms with E-state index in [1.165, 1.54) is 50.5 Å². The van der Waals surface area contributed by atoms with E-state index in [0.29, 0.717) is 71.3 Å². The van der Waals surface area contributed by atoms with Crippen molar-refractivity contribution in [1.29, 1.82) is 0 Å². The van der Waals surface area contributed by atoms with Gasteiger partial charge in [0.25, 0.3) is 0 Å². The van der Waals surface area contributed by atoms with E-state index in [2.05, 4.69) is 34.5 Å². The van der Waals surface area contributed by atoms with E-state index < -0.39 is 5.60 Å². The predicted octanol–water partition coefficient (Wildman–Crippen LogP) is 4.82. The molecule has 9 heteroatoms. The van der Waals surface area contributed by atoms with Crippen molar-refractivity contribution in [2.75, 3.05) is 14.1 Å². The minimum atomic E-state index is -0.662. The van der Waals surface area contributed by atoms with E-state index in [-0.39, 0.29) is 23.3 Å². The molecule has 6 saturated carbocycles.